The van der Waals surface area contributed by atoms with Crippen molar-refractivity contribution in [2.45, 2.75) is 18.9 Å². The lowest BCUT2D eigenvalue weighted by molar-refractivity contribution is 0.0932. The second-order valence-corrected chi connectivity index (χ2v) is 5.96. The van der Waals surface area contributed by atoms with E-state index in [2.05, 4.69) is 16.8 Å². The monoisotopic (exact) mass is 290 g/mol. The first kappa shape index (κ1) is 14.4. The van der Waals surface area contributed by atoms with Crippen LogP contribution in [0, 0.1) is 0 Å². The number of rotatable bonds is 5. The first-order valence-electron chi connectivity index (χ1n) is 7.45. The minimum atomic E-state index is 0.122. The van der Waals surface area contributed by atoms with Gasteiger partial charge in [0.05, 0.1) is 6.54 Å². The van der Waals surface area contributed by atoms with Crippen LogP contribution < -0.4 is 9.47 Å². The Kier molecular flexibility index (Phi) is 4.12. The molecule has 0 spiro atoms. The van der Waals surface area contributed by atoms with Crippen molar-refractivity contribution < 1.29 is 14.3 Å². The van der Waals surface area contributed by atoms with Crippen LogP contribution in [0.15, 0.2) is 18.2 Å². The third-order valence-corrected chi connectivity index (χ3v) is 4.30. The fourth-order valence-corrected chi connectivity index (χ4v) is 3.04. The molecule has 1 aromatic carbocycles. The molecule has 1 unspecified atom stereocenters. The predicted molar refractivity (Wildman–Crippen MR) is 80.0 cm³/mol. The lowest BCUT2D eigenvalue weighted by atomic mass is 10.1. The summed E-state index contributed by atoms with van der Waals surface area (Å²) in [6.45, 7) is 2.77. The van der Waals surface area contributed by atoms with Crippen molar-refractivity contribution in [3.8, 4) is 11.5 Å². The highest BCUT2D eigenvalue weighted by atomic mass is 16.7. The van der Waals surface area contributed by atoms with Crippen LogP contribution in [0.5, 0.6) is 11.5 Å². The molecule has 5 heteroatoms. The molecule has 21 heavy (non-hydrogen) atoms. The lowest BCUT2D eigenvalue weighted by Gasteiger charge is -2.25. The highest BCUT2D eigenvalue weighted by molar-refractivity contribution is 5.98. The molecule has 0 N–H and O–H groups in total. The van der Waals surface area contributed by atoms with E-state index in [9.17, 15) is 4.79 Å². The largest absolute Gasteiger partial charge is 0.454 e. The zero-order valence-corrected chi connectivity index (χ0v) is 12.7. The zero-order valence-electron chi connectivity index (χ0n) is 12.7. The molecule has 0 saturated carbocycles. The fraction of sp³-hybridized carbons (Fsp3) is 0.562. The fourth-order valence-electron chi connectivity index (χ4n) is 3.04. The summed E-state index contributed by atoms with van der Waals surface area (Å²) in [5, 5.41) is 0. The summed E-state index contributed by atoms with van der Waals surface area (Å²) in [7, 11) is 4.17. The van der Waals surface area contributed by atoms with E-state index in [0.717, 1.165) is 13.1 Å². The SMILES string of the molecule is CN(CC(=O)c1ccc2c(c1)OCO2)CC1CCCN1C. The van der Waals surface area contributed by atoms with E-state index in [1.54, 1.807) is 12.1 Å². The highest BCUT2D eigenvalue weighted by Gasteiger charge is 2.23. The second-order valence-electron chi connectivity index (χ2n) is 5.96. The van der Waals surface area contributed by atoms with E-state index >= 15 is 0 Å². The van der Waals surface area contributed by atoms with Gasteiger partial charge >= 0.3 is 0 Å². The average Bonchev–Trinajstić information content (AvgIpc) is 3.07. The number of Topliss-reactive ketones (excluding diaryl/α,β-unsaturated/α-hetero) is 1. The van der Waals surface area contributed by atoms with E-state index < -0.39 is 0 Å². The zero-order chi connectivity index (χ0) is 14.8. The van der Waals surface area contributed by atoms with Gasteiger partial charge in [-0.3, -0.25) is 9.69 Å². The first-order chi connectivity index (χ1) is 10.1. The predicted octanol–water partition coefficient (Wildman–Crippen LogP) is 1.62. The molecule has 0 radical (unpaired) electrons. The van der Waals surface area contributed by atoms with Crippen molar-refractivity contribution in [1.29, 1.82) is 0 Å². The Bertz CT molecular complexity index is 532. The number of ether oxygens (including phenoxy) is 2. The Balaban J connectivity index is 1.58. The van der Waals surface area contributed by atoms with Gasteiger partial charge in [0.15, 0.2) is 17.3 Å². The first-order valence-corrected chi connectivity index (χ1v) is 7.45. The van der Waals surface area contributed by atoms with E-state index in [-0.39, 0.29) is 12.6 Å². The number of carbonyl (C=O) groups is 1. The summed E-state index contributed by atoms with van der Waals surface area (Å²) in [5.74, 6) is 1.50. The van der Waals surface area contributed by atoms with Crippen molar-refractivity contribution in [2.75, 3.05) is 40.5 Å². The van der Waals surface area contributed by atoms with Crippen LogP contribution in [-0.4, -0.2) is 62.1 Å². The molecule has 1 atom stereocenters. The Labute approximate surface area is 125 Å². The summed E-state index contributed by atoms with van der Waals surface area (Å²) in [6.07, 6.45) is 2.48. The molecule has 1 saturated heterocycles. The van der Waals surface area contributed by atoms with Crippen molar-refractivity contribution in [1.82, 2.24) is 9.80 Å². The van der Waals surface area contributed by atoms with Gasteiger partial charge in [-0.25, -0.2) is 0 Å². The molecule has 114 valence electrons. The van der Waals surface area contributed by atoms with Crippen molar-refractivity contribution in [2.24, 2.45) is 0 Å². The molecule has 3 rings (SSSR count). The third kappa shape index (κ3) is 3.19. The molecule has 0 aliphatic carbocycles. The number of hydrogen-bond acceptors (Lipinski definition) is 5. The van der Waals surface area contributed by atoms with E-state index in [0.29, 0.717) is 29.6 Å². The van der Waals surface area contributed by atoms with Gasteiger partial charge in [0, 0.05) is 18.2 Å². The summed E-state index contributed by atoms with van der Waals surface area (Å²) >= 11 is 0. The maximum absolute atomic E-state index is 12.4. The smallest absolute Gasteiger partial charge is 0.231 e. The molecule has 1 fully saturated rings. The summed E-state index contributed by atoms with van der Waals surface area (Å²) < 4.78 is 10.6. The molecule has 5 nitrogen and oxygen atoms in total. The van der Waals surface area contributed by atoms with Crippen molar-refractivity contribution in [3.05, 3.63) is 23.8 Å². The normalized spacial score (nSPS) is 21.2. The quantitative estimate of drug-likeness (QED) is 0.771. The van der Waals surface area contributed by atoms with Gasteiger partial charge in [0.1, 0.15) is 0 Å². The molecule has 1 aromatic rings. The number of ketones is 1. The van der Waals surface area contributed by atoms with E-state index in [1.165, 1.54) is 12.8 Å². The van der Waals surface area contributed by atoms with E-state index in [1.807, 2.05) is 13.1 Å². The number of fused-ring (bicyclic) bond motifs is 1. The van der Waals surface area contributed by atoms with Gasteiger partial charge in [-0.2, -0.15) is 0 Å². The van der Waals surface area contributed by atoms with Crippen LogP contribution >= 0.6 is 0 Å². The summed E-state index contributed by atoms with van der Waals surface area (Å²) in [4.78, 5) is 16.8. The highest BCUT2D eigenvalue weighted by Crippen LogP contribution is 2.32. The molecule has 2 aliphatic heterocycles. The topological polar surface area (TPSA) is 42.0 Å². The molecular formula is C16H22N2O3. The number of hydrogen-bond donors (Lipinski definition) is 0. The Hall–Kier alpha value is -1.59. The molecule has 0 amide bonds. The molecular weight excluding hydrogens is 268 g/mol. The maximum Gasteiger partial charge on any atom is 0.231 e. The number of carbonyl (C=O) groups excluding carboxylic acids is 1. The van der Waals surface area contributed by atoms with Crippen LogP contribution in [-0.2, 0) is 0 Å². The second kappa shape index (κ2) is 6.03. The van der Waals surface area contributed by atoms with Crippen molar-refractivity contribution >= 4 is 5.78 Å². The van der Waals surface area contributed by atoms with Crippen LogP contribution in [0.2, 0.25) is 0 Å². The Morgan fingerprint density at radius 3 is 2.95 bits per heavy atom. The van der Waals surface area contributed by atoms with Crippen LogP contribution in [0.3, 0.4) is 0 Å². The molecule has 0 aromatic heterocycles. The van der Waals surface area contributed by atoms with Crippen LogP contribution in [0.25, 0.3) is 0 Å². The van der Waals surface area contributed by atoms with Crippen LogP contribution in [0.1, 0.15) is 23.2 Å². The van der Waals surface area contributed by atoms with Crippen molar-refractivity contribution in [3.63, 3.8) is 0 Å². The maximum atomic E-state index is 12.4. The van der Waals surface area contributed by atoms with Gasteiger partial charge < -0.3 is 14.4 Å². The Morgan fingerprint density at radius 1 is 1.38 bits per heavy atom. The third-order valence-electron chi connectivity index (χ3n) is 4.30. The van der Waals surface area contributed by atoms with Crippen LogP contribution in [0.4, 0.5) is 0 Å². The van der Waals surface area contributed by atoms with Gasteiger partial charge in [-0.05, 0) is 51.7 Å². The number of nitrogens with zero attached hydrogens (tertiary/aromatic N) is 2. The average molecular weight is 290 g/mol. The number of benzene rings is 1. The molecule has 2 heterocycles. The van der Waals surface area contributed by atoms with Gasteiger partial charge in [0.2, 0.25) is 6.79 Å². The van der Waals surface area contributed by atoms with Gasteiger partial charge in [-0.15, -0.1) is 0 Å². The Morgan fingerprint density at radius 2 is 2.19 bits per heavy atom. The number of likely N-dealkylation sites (tertiary alicyclic amines) is 1. The number of likely N-dealkylation sites (N-methyl/N-ethyl adjacent to an activating group) is 2. The van der Waals surface area contributed by atoms with Gasteiger partial charge in [0.25, 0.3) is 0 Å². The minimum absolute atomic E-state index is 0.122. The molecule has 0 bridgehead atoms. The standard InChI is InChI=1S/C16H22N2O3/c1-17(9-13-4-3-7-18(13)2)10-14(19)12-5-6-15-16(8-12)21-11-20-15/h5-6,8,13H,3-4,7,9-11H2,1-2H3. The van der Waals surface area contributed by atoms with Gasteiger partial charge in [-0.1, -0.05) is 0 Å². The summed E-state index contributed by atoms with van der Waals surface area (Å²) in [5.41, 5.74) is 0.686. The van der Waals surface area contributed by atoms with E-state index in [4.69, 9.17) is 9.47 Å². The molecule has 2 aliphatic rings. The minimum Gasteiger partial charge on any atom is -0.454 e. The summed E-state index contributed by atoms with van der Waals surface area (Å²) in [6, 6.07) is 5.96. The lowest BCUT2D eigenvalue weighted by Crippen LogP contribution is -2.38.